The van der Waals surface area contributed by atoms with Crippen molar-refractivity contribution in [3.05, 3.63) is 0 Å². The van der Waals surface area contributed by atoms with E-state index < -0.39 is 0 Å². The summed E-state index contributed by atoms with van der Waals surface area (Å²) in [6.45, 7) is 11.5. The molecule has 4 nitrogen and oxygen atoms in total. The van der Waals surface area contributed by atoms with Crippen LogP contribution in [0.5, 0.6) is 0 Å². The Morgan fingerprint density at radius 2 is 2.17 bits per heavy atom. The number of aliphatic hydroxyl groups is 1. The van der Waals surface area contributed by atoms with Crippen molar-refractivity contribution in [1.29, 1.82) is 0 Å². The molecule has 2 heterocycles. The van der Waals surface area contributed by atoms with E-state index in [-0.39, 0.29) is 12.1 Å². The number of nitrogens with one attached hydrogen (secondary N) is 1. The standard InChI is InChI=1S/C14H29N3O/c1-3-15-14(2,12-18)6-8-16-9-10-17-7-4-5-13(17)11-16/h13,15,18H,3-12H2,1-2H3. The van der Waals surface area contributed by atoms with Gasteiger partial charge in [-0.2, -0.15) is 0 Å². The predicted octanol–water partition coefficient (Wildman–Crippen LogP) is 0.517. The molecule has 0 amide bonds. The Balaban J connectivity index is 1.76. The third-order valence-corrected chi connectivity index (χ3v) is 4.60. The number of piperazine rings is 1. The molecule has 18 heavy (non-hydrogen) atoms. The Hall–Kier alpha value is -0.160. The molecule has 2 aliphatic heterocycles. The van der Waals surface area contributed by atoms with Crippen LogP contribution in [-0.4, -0.2) is 72.4 Å². The zero-order chi connectivity index (χ0) is 13.0. The summed E-state index contributed by atoms with van der Waals surface area (Å²) in [6, 6.07) is 0.804. The number of rotatable bonds is 6. The maximum Gasteiger partial charge on any atom is 0.0611 e. The van der Waals surface area contributed by atoms with Crippen LogP contribution in [0.15, 0.2) is 0 Å². The Morgan fingerprint density at radius 3 is 2.89 bits per heavy atom. The van der Waals surface area contributed by atoms with Gasteiger partial charge in [-0.1, -0.05) is 6.92 Å². The van der Waals surface area contributed by atoms with Crippen molar-refractivity contribution in [2.45, 2.75) is 44.7 Å². The summed E-state index contributed by atoms with van der Waals surface area (Å²) >= 11 is 0. The molecule has 0 aromatic carbocycles. The van der Waals surface area contributed by atoms with Gasteiger partial charge >= 0.3 is 0 Å². The Labute approximate surface area is 111 Å². The van der Waals surface area contributed by atoms with Crippen LogP contribution in [0.1, 0.15) is 33.1 Å². The molecule has 0 aromatic rings. The summed E-state index contributed by atoms with van der Waals surface area (Å²) < 4.78 is 0. The first-order chi connectivity index (χ1) is 8.67. The highest BCUT2D eigenvalue weighted by atomic mass is 16.3. The first kappa shape index (κ1) is 14.3. The Morgan fingerprint density at radius 1 is 1.33 bits per heavy atom. The zero-order valence-electron chi connectivity index (χ0n) is 12.0. The van der Waals surface area contributed by atoms with Crippen LogP contribution in [0.25, 0.3) is 0 Å². The molecule has 0 aliphatic carbocycles. The van der Waals surface area contributed by atoms with Crippen molar-refractivity contribution in [2.24, 2.45) is 0 Å². The fourth-order valence-corrected chi connectivity index (χ4v) is 3.31. The minimum Gasteiger partial charge on any atom is -0.394 e. The Bertz CT molecular complexity index is 261. The first-order valence-electron chi connectivity index (χ1n) is 7.49. The van der Waals surface area contributed by atoms with Crippen molar-refractivity contribution in [3.63, 3.8) is 0 Å². The third-order valence-electron chi connectivity index (χ3n) is 4.60. The summed E-state index contributed by atoms with van der Waals surface area (Å²) in [4.78, 5) is 5.23. The molecule has 0 radical (unpaired) electrons. The average Bonchev–Trinajstić information content (AvgIpc) is 2.84. The van der Waals surface area contributed by atoms with E-state index >= 15 is 0 Å². The van der Waals surface area contributed by atoms with E-state index in [1.807, 2.05) is 0 Å². The van der Waals surface area contributed by atoms with Gasteiger partial charge in [-0.05, 0) is 39.3 Å². The number of hydrogen-bond acceptors (Lipinski definition) is 4. The highest BCUT2D eigenvalue weighted by molar-refractivity contribution is 4.89. The molecule has 0 saturated carbocycles. The third kappa shape index (κ3) is 3.44. The molecule has 0 aromatic heterocycles. The van der Waals surface area contributed by atoms with Crippen molar-refractivity contribution < 1.29 is 5.11 Å². The summed E-state index contributed by atoms with van der Waals surface area (Å²) in [6.07, 6.45) is 3.79. The minimum atomic E-state index is -0.110. The number of hydrogen-bond donors (Lipinski definition) is 2. The quantitative estimate of drug-likeness (QED) is 0.726. The van der Waals surface area contributed by atoms with E-state index in [9.17, 15) is 5.11 Å². The van der Waals surface area contributed by atoms with Crippen molar-refractivity contribution in [2.75, 3.05) is 45.9 Å². The molecule has 106 valence electrons. The fraction of sp³-hybridized carbons (Fsp3) is 1.00. The lowest BCUT2D eigenvalue weighted by Gasteiger charge is -2.39. The molecule has 2 rings (SSSR count). The summed E-state index contributed by atoms with van der Waals surface area (Å²) in [5.74, 6) is 0. The van der Waals surface area contributed by atoms with Gasteiger partial charge in [-0.15, -0.1) is 0 Å². The van der Waals surface area contributed by atoms with Crippen LogP contribution >= 0.6 is 0 Å². The first-order valence-corrected chi connectivity index (χ1v) is 7.49. The van der Waals surface area contributed by atoms with E-state index in [2.05, 4.69) is 29.0 Å². The monoisotopic (exact) mass is 255 g/mol. The average molecular weight is 255 g/mol. The summed E-state index contributed by atoms with van der Waals surface area (Å²) in [7, 11) is 0. The van der Waals surface area contributed by atoms with E-state index in [1.54, 1.807) is 0 Å². The van der Waals surface area contributed by atoms with Gasteiger partial charge in [0.05, 0.1) is 6.61 Å². The second-order valence-corrected chi connectivity index (χ2v) is 6.13. The second-order valence-electron chi connectivity index (χ2n) is 6.13. The summed E-state index contributed by atoms with van der Waals surface area (Å²) in [5, 5.41) is 12.9. The van der Waals surface area contributed by atoms with Gasteiger partial charge in [0.2, 0.25) is 0 Å². The van der Waals surface area contributed by atoms with Crippen LogP contribution in [0.3, 0.4) is 0 Å². The lowest BCUT2D eigenvalue weighted by atomic mass is 9.98. The molecule has 2 fully saturated rings. The highest BCUT2D eigenvalue weighted by Crippen LogP contribution is 2.22. The molecule has 2 atom stereocenters. The molecule has 2 N–H and O–H groups in total. The van der Waals surface area contributed by atoms with Crippen molar-refractivity contribution in [1.82, 2.24) is 15.1 Å². The molecule has 2 saturated heterocycles. The minimum absolute atomic E-state index is 0.110. The Kier molecular flexibility index (Phi) is 5.01. The molecule has 2 aliphatic rings. The molecular weight excluding hydrogens is 226 g/mol. The highest BCUT2D eigenvalue weighted by Gasteiger charge is 2.31. The maximum absolute atomic E-state index is 9.51. The largest absolute Gasteiger partial charge is 0.394 e. The van der Waals surface area contributed by atoms with Gasteiger partial charge in [-0.25, -0.2) is 0 Å². The molecule has 0 bridgehead atoms. The van der Waals surface area contributed by atoms with Gasteiger partial charge < -0.3 is 15.3 Å². The molecule has 4 heteroatoms. The van der Waals surface area contributed by atoms with E-state index in [0.29, 0.717) is 0 Å². The van der Waals surface area contributed by atoms with Crippen molar-refractivity contribution in [3.8, 4) is 0 Å². The second kappa shape index (κ2) is 6.33. The molecule has 2 unspecified atom stereocenters. The van der Waals surface area contributed by atoms with Crippen LogP contribution < -0.4 is 5.32 Å². The summed E-state index contributed by atoms with van der Waals surface area (Å²) in [5.41, 5.74) is -0.110. The van der Waals surface area contributed by atoms with Gasteiger partial charge in [0, 0.05) is 37.8 Å². The number of fused-ring (bicyclic) bond motifs is 1. The van der Waals surface area contributed by atoms with Crippen LogP contribution in [0, 0.1) is 0 Å². The SMILES string of the molecule is CCNC(C)(CO)CCN1CCN2CCCC2C1. The van der Waals surface area contributed by atoms with E-state index in [4.69, 9.17) is 0 Å². The number of aliphatic hydroxyl groups excluding tert-OH is 1. The number of likely N-dealkylation sites (N-methyl/N-ethyl adjacent to an activating group) is 1. The topological polar surface area (TPSA) is 38.7 Å². The number of nitrogens with zero attached hydrogens (tertiary/aromatic N) is 2. The van der Waals surface area contributed by atoms with Crippen molar-refractivity contribution >= 4 is 0 Å². The zero-order valence-corrected chi connectivity index (χ0v) is 12.0. The lowest BCUT2D eigenvalue weighted by Crippen LogP contribution is -2.53. The fourth-order valence-electron chi connectivity index (χ4n) is 3.31. The smallest absolute Gasteiger partial charge is 0.0611 e. The van der Waals surface area contributed by atoms with Crippen LogP contribution in [0.2, 0.25) is 0 Å². The van der Waals surface area contributed by atoms with Gasteiger partial charge in [0.1, 0.15) is 0 Å². The van der Waals surface area contributed by atoms with E-state index in [1.165, 1.54) is 39.0 Å². The maximum atomic E-state index is 9.51. The van der Waals surface area contributed by atoms with Crippen LogP contribution in [-0.2, 0) is 0 Å². The molecular formula is C14H29N3O. The van der Waals surface area contributed by atoms with Gasteiger partial charge in [-0.3, -0.25) is 4.90 Å². The lowest BCUT2D eigenvalue weighted by molar-refractivity contribution is 0.0867. The predicted molar refractivity (Wildman–Crippen MR) is 74.8 cm³/mol. The van der Waals surface area contributed by atoms with Gasteiger partial charge in [0.25, 0.3) is 0 Å². The van der Waals surface area contributed by atoms with Gasteiger partial charge in [0.15, 0.2) is 0 Å². The normalized spacial score (nSPS) is 29.2. The van der Waals surface area contributed by atoms with E-state index in [0.717, 1.165) is 25.6 Å². The van der Waals surface area contributed by atoms with Crippen LogP contribution in [0.4, 0.5) is 0 Å². The molecule has 0 spiro atoms.